The number of rotatable bonds is 2. The molecule has 2 aliphatic rings. The fraction of sp³-hybridized carbons (Fsp3) is 0.357. The summed E-state index contributed by atoms with van der Waals surface area (Å²) in [5.41, 5.74) is 1.16. The van der Waals surface area contributed by atoms with Gasteiger partial charge in [-0.15, -0.1) is 0 Å². The summed E-state index contributed by atoms with van der Waals surface area (Å²) < 4.78 is 0. The van der Waals surface area contributed by atoms with Gasteiger partial charge in [0.15, 0.2) is 0 Å². The lowest BCUT2D eigenvalue weighted by atomic mass is 9.90. The first kappa shape index (κ1) is 12.7. The van der Waals surface area contributed by atoms with Crippen LogP contribution < -0.4 is 0 Å². The zero-order valence-electron chi connectivity index (χ0n) is 10.6. The van der Waals surface area contributed by atoms with Crippen LogP contribution in [0.3, 0.4) is 0 Å². The summed E-state index contributed by atoms with van der Waals surface area (Å²) in [5, 5.41) is 18.2. The number of hydrogen-bond acceptors (Lipinski definition) is 3. The highest BCUT2D eigenvalue weighted by atomic mass is 16.4. The van der Waals surface area contributed by atoms with Crippen LogP contribution in [0.25, 0.3) is 0 Å². The van der Waals surface area contributed by atoms with Crippen molar-refractivity contribution < 1.29 is 24.6 Å². The van der Waals surface area contributed by atoms with Crippen LogP contribution in [0.5, 0.6) is 0 Å². The number of nitrogens with zero attached hydrogens (tertiary/aromatic N) is 1. The van der Waals surface area contributed by atoms with Crippen molar-refractivity contribution in [1.29, 1.82) is 0 Å². The quantitative estimate of drug-likeness (QED) is 0.843. The van der Waals surface area contributed by atoms with Crippen molar-refractivity contribution in [2.75, 3.05) is 0 Å². The van der Waals surface area contributed by atoms with Crippen LogP contribution >= 0.6 is 0 Å². The molecule has 2 aliphatic heterocycles. The van der Waals surface area contributed by atoms with Crippen molar-refractivity contribution >= 4 is 17.8 Å². The van der Waals surface area contributed by atoms with Crippen LogP contribution in [0.2, 0.25) is 0 Å². The van der Waals surface area contributed by atoms with Crippen LogP contribution in [0.4, 0.5) is 0 Å². The molecule has 0 aromatic heterocycles. The summed E-state index contributed by atoms with van der Waals surface area (Å²) >= 11 is 0. The van der Waals surface area contributed by atoms with E-state index in [9.17, 15) is 14.4 Å². The predicted octanol–water partition coefficient (Wildman–Crippen LogP) is 1.13. The minimum atomic E-state index is -1.26. The van der Waals surface area contributed by atoms with E-state index in [-0.39, 0.29) is 23.1 Å². The summed E-state index contributed by atoms with van der Waals surface area (Å²) in [6, 6.07) is 2.96. The fourth-order valence-electron chi connectivity index (χ4n) is 3.04. The van der Waals surface area contributed by atoms with Crippen molar-refractivity contribution in [2.45, 2.75) is 31.8 Å². The standard InChI is InChI=1S/C14H13NO5/c16-12-2-1-9-3-7-4-10(13(17)18)11(14(19)20)5-8(7)6-15(9)12/h4-5,9H,1-3,6H2,(H,17,18)(H,19,20). The summed E-state index contributed by atoms with van der Waals surface area (Å²) in [7, 11) is 0. The second kappa shape index (κ2) is 4.33. The third-order valence-corrected chi connectivity index (χ3v) is 4.05. The molecular formula is C14H13NO5. The largest absolute Gasteiger partial charge is 0.478 e. The number of fused-ring (bicyclic) bond motifs is 2. The normalized spacial score (nSPS) is 20.5. The highest BCUT2D eigenvalue weighted by molar-refractivity contribution is 6.02. The van der Waals surface area contributed by atoms with Gasteiger partial charge in [0.1, 0.15) is 0 Å². The van der Waals surface area contributed by atoms with Gasteiger partial charge in [0.2, 0.25) is 5.91 Å². The molecule has 6 heteroatoms. The molecule has 0 radical (unpaired) electrons. The zero-order valence-corrected chi connectivity index (χ0v) is 10.6. The SMILES string of the molecule is O=C(O)c1cc2c(cc1C(=O)O)CN1C(=O)CCC1C2. The average molecular weight is 275 g/mol. The van der Waals surface area contributed by atoms with E-state index in [1.54, 1.807) is 4.90 Å². The molecule has 0 aliphatic carbocycles. The van der Waals surface area contributed by atoms with Gasteiger partial charge in [0.05, 0.1) is 11.1 Å². The Morgan fingerprint density at radius 1 is 1.10 bits per heavy atom. The Morgan fingerprint density at radius 2 is 1.70 bits per heavy atom. The summed E-state index contributed by atoms with van der Waals surface area (Å²) in [4.78, 5) is 35.8. The maximum atomic E-state index is 11.7. The van der Waals surface area contributed by atoms with Crippen LogP contribution in [0.15, 0.2) is 12.1 Å². The van der Waals surface area contributed by atoms with Gasteiger partial charge in [0, 0.05) is 19.0 Å². The van der Waals surface area contributed by atoms with Crippen molar-refractivity contribution in [3.05, 3.63) is 34.4 Å². The number of hydrogen-bond donors (Lipinski definition) is 2. The molecule has 1 saturated heterocycles. The highest BCUT2D eigenvalue weighted by Gasteiger charge is 2.36. The Balaban J connectivity index is 2.08. The molecule has 0 saturated carbocycles. The summed E-state index contributed by atoms with van der Waals surface area (Å²) in [6.07, 6.45) is 1.89. The third-order valence-electron chi connectivity index (χ3n) is 4.05. The lowest BCUT2D eigenvalue weighted by Crippen LogP contribution is -2.38. The van der Waals surface area contributed by atoms with Gasteiger partial charge >= 0.3 is 11.9 Å². The molecule has 1 aromatic carbocycles. The van der Waals surface area contributed by atoms with Crippen LogP contribution in [0, 0.1) is 0 Å². The highest BCUT2D eigenvalue weighted by Crippen LogP contribution is 2.32. The van der Waals surface area contributed by atoms with Gasteiger partial charge in [-0.3, -0.25) is 4.79 Å². The molecular weight excluding hydrogens is 262 g/mol. The Hall–Kier alpha value is -2.37. The summed E-state index contributed by atoms with van der Waals surface area (Å²) in [5.74, 6) is -2.42. The molecule has 1 amide bonds. The van der Waals surface area contributed by atoms with Crippen molar-refractivity contribution in [2.24, 2.45) is 0 Å². The van der Waals surface area contributed by atoms with Crippen LogP contribution in [-0.2, 0) is 17.8 Å². The lowest BCUT2D eigenvalue weighted by molar-refractivity contribution is -0.129. The molecule has 1 atom stereocenters. The number of amides is 1. The maximum Gasteiger partial charge on any atom is 0.336 e. The van der Waals surface area contributed by atoms with E-state index >= 15 is 0 Å². The van der Waals surface area contributed by atoms with E-state index in [0.717, 1.165) is 17.5 Å². The molecule has 1 fully saturated rings. The number of carboxylic acid groups (broad SMARTS) is 2. The molecule has 1 unspecified atom stereocenters. The van der Waals surface area contributed by atoms with Gasteiger partial charge in [-0.1, -0.05) is 0 Å². The van der Waals surface area contributed by atoms with E-state index in [4.69, 9.17) is 10.2 Å². The number of carbonyl (C=O) groups excluding carboxylic acids is 1. The summed E-state index contributed by atoms with van der Waals surface area (Å²) in [6.45, 7) is 0.374. The Kier molecular flexibility index (Phi) is 2.74. The van der Waals surface area contributed by atoms with Gasteiger partial charge < -0.3 is 15.1 Å². The van der Waals surface area contributed by atoms with Gasteiger partial charge in [0.25, 0.3) is 0 Å². The van der Waals surface area contributed by atoms with E-state index in [1.165, 1.54) is 12.1 Å². The molecule has 2 heterocycles. The van der Waals surface area contributed by atoms with Crippen LogP contribution in [-0.4, -0.2) is 39.0 Å². The predicted molar refractivity (Wildman–Crippen MR) is 67.6 cm³/mol. The topological polar surface area (TPSA) is 94.9 Å². The molecule has 20 heavy (non-hydrogen) atoms. The zero-order chi connectivity index (χ0) is 14.4. The molecule has 0 bridgehead atoms. The lowest BCUT2D eigenvalue weighted by Gasteiger charge is -2.32. The van der Waals surface area contributed by atoms with E-state index in [0.29, 0.717) is 19.4 Å². The Bertz CT molecular complexity index is 637. The van der Waals surface area contributed by atoms with E-state index in [2.05, 4.69) is 0 Å². The van der Waals surface area contributed by atoms with Gasteiger partial charge in [-0.25, -0.2) is 9.59 Å². The van der Waals surface area contributed by atoms with E-state index < -0.39 is 11.9 Å². The van der Waals surface area contributed by atoms with Crippen molar-refractivity contribution in [1.82, 2.24) is 4.90 Å². The number of carbonyl (C=O) groups is 3. The first-order chi connectivity index (χ1) is 9.47. The average Bonchev–Trinajstić information content (AvgIpc) is 2.75. The van der Waals surface area contributed by atoms with E-state index in [1.807, 2.05) is 0 Å². The number of benzene rings is 1. The maximum absolute atomic E-state index is 11.7. The first-order valence-electron chi connectivity index (χ1n) is 6.39. The van der Waals surface area contributed by atoms with Crippen molar-refractivity contribution in [3.8, 4) is 0 Å². The van der Waals surface area contributed by atoms with Crippen molar-refractivity contribution in [3.63, 3.8) is 0 Å². The Morgan fingerprint density at radius 3 is 2.30 bits per heavy atom. The Labute approximate surface area is 114 Å². The van der Waals surface area contributed by atoms with Crippen LogP contribution in [0.1, 0.15) is 44.7 Å². The first-order valence-corrected chi connectivity index (χ1v) is 6.39. The molecule has 2 N–H and O–H groups in total. The molecule has 104 valence electrons. The van der Waals surface area contributed by atoms with Gasteiger partial charge in [-0.2, -0.15) is 0 Å². The second-order valence-electron chi connectivity index (χ2n) is 5.20. The third kappa shape index (κ3) is 1.84. The molecule has 0 spiro atoms. The fourth-order valence-corrected chi connectivity index (χ4v) is 3.04. The number of aromatic carboxylic acids is 2. The molecule has 3 rings (SSSR count). The molecule has 6 nitrogen and oxygen atoms in total. The van der Waals surface area contributed by atoms with Gasteiger partial charge in [-0.05, 0) is 36.1 Å². The minimum absolute atomic E-state index is 0.0832. The second-order valence-corrected chi connectivity index (χ2v) is 5.20. The molecule has 1 aromatic rings. The minimum Gasteiger partial charge on any atom is -0.478 e. The number of carboxylic acids is 2. The smallest absolute Gasteiger partial charge is 0.336 e. The monoisotopic (exact) mass is 275 g/mol.